The molecule has 0 aliphatic heterocycles. The molecule has 5 saturated carbocycles. The van der Waals surface area contributed by atoms with E-state index in [1.54, 1.807) is 6.92 Å². The largest absolute Gasteiger partial charge is 0.465 e. The summed E-state index contributed by atoms with van der Waals surface area (Å²) in [5.74, 6) is 2.93. The zero-order valence-corrected chi connectivity index (χ0v) is 24.1. The third-order valence-corrected chi connectivity index (χ3v) is 13.7. The lowest BCUT2D eigenvalue weighted by molar-refractivity contribution is -0.231. The van der Waals surface area contributed by atoms with Gasteiger partial charge in [-0.3, -0.25) is 4.79 Å². The van der Waals surface area contributed by atoms with Crippen molar-refractivity contribution in [3.63, 3.8) is 0 Å². The monoisotopic (exact) mass is 497 g/mol. The molecule has 0 radical (unpaired) electrons. The summed E-state index contributed by atoms with van der Waals surface area (Å²) in [6.07, 6.45) is 12.0. The summed E-state index contributed by atoms with van der Waals surface area (Å²) in [4.78, 5) is 11.9. The van der Waals surface area contributed by atoms with E-state index in [9.17, 15) is 10.0 Å². The van der Waals surface area contributed by atoms with Crippen LogP contribution in [-0.2, 0) is 9.53 Å². The van der Waals surface area contributed by atoms with Crippen molar-refractivity contribution in [1.29, 1.82) is 0 Å². The first-order valence-electron chi connectivity index (χ1n) is 14.8. The second-order valence-corrected chi connectivity index (χ2v) is 15.1. The van der Waals surface area contributed by atoms with Crippen molar-refractivity contribution in [1.82, 2.24) is 0 Å². The molecule has 0 heterocycles. The molecular weight excluding hydrogens is 446 g/mol. The SMILES string of the molecule is C=C(C)[C@@H]1CC[C@]2(COC(C)=O)CC[C@]3(C)[C@H](CC[C@@H]4[C@@]5(C)CC/C(=N\O)C(C)(C)[C@H]5CC[C@]43C)[C@@H]12. The van der Waals surface area contributed by atoms with Crippen LogP contribution >= 0.6 is 0 Å². The number of hydrogen-bond donors (Lipinski definition) is 1. The van der Waals surface area contributed by atoms with Crippen LogP contribution in [-0.4, -0.2) is 23.5 Å². The summed E-state index contributed by atoms with van der Waals surface area (Å²) in [5, 5.41) is 13.6. The molecule has 0 saturated heterocycles. The minimum absolute atomic E-state index is 0.0386. The second-order valence-electron chi connectivity index (χ2n) is 15.1. The van der Waals surface area contributed by atoms with Gasteiger partial charge in [0.05, 0.1) is 12.3 Å². The molecule has 5 rings (SSSR count). The first-order chi connectivity index (χ1) is 16.8. The van der Waals surface area contributed by atoms with E-state index in [1.165, 1.54) is 56.9 Å². The number of carbonyl (C=O) groups excluding carboxylic acids is 1. The van der Waals surface area contributed by atoms with Crippen LogP contribution in [0.2, 0.25) is 0 Å². The predicted octanol–water partition coefficient (Wildman–Crippen LogP) is 8.04. The van der Waals surface area contributed by atoms with Crippen LogP contribution in [0.4, 0.5) is 0 Å². The van der Waals surface area contributed by atoms with E-state index in [4.69, 9.17) is 4.74 Å². The van der Waals surface area contributed by atoms with Crippen molar-refractivity contribution >= 4 is 11.7 Å². The molecule has 0 aromatic carbocycles. The number of nitrogens with zero attached hydrogens (tertiary/aromatic N) is 1. The molecule has 4 nitrogen and oxygen atoms in total. The standard InChI is InChI=1S/C32H51NO3/c1-20(2)22-11-16-32(19-36-21(3)34)18-17-30(7)23(27(22)32)9-10-25-29(6)14-13-26(33-35)28(4,5)24(29)12-15-31(25,30)8/h22-25,27,35H,1,9-19H2,2-8H3/b33-26+/t22-,23+,24+,25+,27+,29-,30+,31+,32+/m0/s1. The van der Waals surface area contributed by atoms with Gasteiger partial charge in [-0.2, -0.15) is 0 Å². The minimum atomic E-state index is -0.136. The van der Waals surface area contributed by atoms with E-state index in [0.29, 0.717) is 47.0 Å². The van der Waals surface area contributed by atoms with Gasteiger partial charge in [0.1, 0.15) is 0 Å². The Kier molecular flexibility index (Phi) is 6.09. The van der Waals surface area contributed by atoms with E-state index in [2.05, 4.69) is 53.3 Å². The van der Waals surface area contributed by atoms with Gasteiger partial charge in [-0.05, 0) is 117 Å². The van der Waals surface area contributed by atoms with Gasteiger partial charge in [0.15, 0.2) is 0 Å². The Bertz CT molecular complexity index is 968. The maximum absolute atomic E-state index is 11.9. The maximum atomic E-state index is 11.9. The Balaban J connectivity index is 1.53. The lowest BCUT2D eigenvalue weighted by Crippen LogP contribution is -2.66. The summed E-state index contributed by atoms with van der Waals surface area (Å²) in [6, 6.07) is 0. The van der Waals surface area contributed by atoms with Gasteiger partial charge in [0, 0.05) is 17.8 Å². The van der Waals surface area contributed by atoms with Crippen LogP contribution in [0.3, 0.4) is 0 Å². The minimum Gasteiger partial charge on any atom is -0.465 e. The Morgan fingerprint density at radius 3 is 2.31 bits per heavy atom. The van der Waals surface area contributed by atoms with Crippen LogP contribution in [0.25, 0.3) is 0 Å². The van der Waals surface area contributed by atoms with E-state index in [0.717, 1.165) is 18.6 Å². The Morgan fingerprint density at radius 1 is 0.944 bits per heavy atom. The van der Waals surface area contributed by atoms with Gasteiger partial charge in [-0.25, -0.2) is 0 Å². The quantitative estimate of drug-likeness (QED) is 0.186. The van der Waals surface area contributed by atoms with Gasteiger partial charge in [-0.1, -0.05) is 51.9 Å². The molecule has 0 bridgehead atoms. The number of hydrogen-bond acceptors (Lipinski definition) is 4. The first kappa shape index (κ1) is 26.3. The van der Waals surface area contributed by atoms with Crippen molar-refractivity contribution in [3.8, 4) is 0 Å². The summed E-state index contributed by atoms with van der Waals surface area (Å²) >= 11 is 0. The zero-order chi connectivity index (χ0) is 26.3. The number of allylic oxidation sites excluding steroid dienone is 1. The lowest BCUT2D eigenvalue weighted by Gasteiger charge is -2.72. The van der Waals surface area contributed by atoms with E-state index >= 15 is 0 Å². The fourth-order valence-corrected chi connectivity index (χ4v) is 11.8. The molecule has 0 aromatic heterocycles. The highest BCUT2D eigenvalue weighted by molar-refractivity contribution is 5.90. The summed E-state index contributed by atoms with van der Waals surface area (Å²) in [6.45, 7) is 21.5. The topological polar surface area (TPSA) is 58.9 Å². The number of fused-ring (bicyclic) bond motifs is 7. The number of oxime groups is 1. The van der Waals surface area contributed by atoms with Crippen molar-refractivity contribution < 1.29 is 14.7 Å². The lowest BCUT2D eigenvalue weighted by atomic mass is 9.32. The van der Waals surface area contributed by atoms with Gasteiger partial charge in [-0.15, -0.1) is 0 Å². The molecule has 0 aromatic rings. The molecule has 9 atom stereocenters. The van der Waals surface area contributed by atoms with Crippen LogP contribution in [0, 0.1) is 56.7 Å². The number of rotatable bonds is 3. The molecule has 0 spiro atoms. The average molecular weight is 498 g/mol. The Morgan fingerprint density at radius 2 is 1.67 bits per heavy atom. The molecule has 5 aliphatic rings. The van der Waals surface area contributed by atoms with Gasteiger partial charge < -0.3 is 9.94 Å². The van der Waals surface area contributed by atoms with Crippen LogP contribution in [0.15, 0.2) is 17.3 Å². The summed E-state index contributed by atoms with van der Waals surface area (Å²) in [5.41, 5.74) is 3.32. The molecule has 4 heteroatoms. The zero-order valence-electron chi connectivity index (χ0n) is 24.1. The van der Waals surface area contributed by atoms with E-state index < -0.39 is 0 Å². The average Bonchev–Trinajstić information content (AvgIpc) is 3.18. The smallest absolute Gasteiger partial charge is 0.302 e. The Labute approximate surface area is 219 Å². The number of carbonyl (C=O) groups is 1. The fraction of sp³-hybridized carbons (Fsp3) is 0.875. The highest BCUT2D eigenvalue weighted by atomic mass is 16.5. The summed E-state index contributed by atoms with van der Waals surface area (Å²) < 4.78 is 5.79. The van der Waals surface area contributed by atoms with E-state index in [1.807, 2.05) is 0 Å². The van der Waals surface area contributed by atoms with E-state index in [-0.39, 0.29) is 22.2 Å². The van der Waals surface area contributed by atoms with Gasteiger partial charge in [0.2, 0.25) is 0 Å². The molecule has 0 amide bonds. The number of ether oxygens (including phenoxy) is 1. The van der Waals surface area contributed by atoms with Crippen LogP contribution < -0.4 is 0 Å². The van der Waals surface area contributed by atoms with Crippen molar-refractivity contribution in [3.05, 3.63) is 12.2 Å². The fourth-order valence-electron chi connectivity index (χ4n) is 11.8. The maximum Gasteiger partial charge on any atom is 0.302 e. The summed E-state index contributed by atoms with van der Waals surface area (Å²) in [7, 11) is 0. The van der Waals surface area contributed by atoms with Crippen molar-refractivity contribution in [2.24, 2.45) is 61.8 Å². The molecule has 5 fully saturated rings. The normalized spacial score (nSPS) is 50.4. The molecular formula is C32H51NO3. The number of esters is 1. The third kappa shape index (κ3) is 3.30. The molecule has 1 N–H and O–H groups in total. The predicted molar refractivity (Wildman–Crippen MR) is 145 cm³/mol. The molecule has 36 heavy (non-hydrogen) atoms. The first-order valence-corrected chi connectivity index (χ1v) is 14.8. The van der Waals surface area contributed by atoms with Crippen molar-refractivity contribution in [2.75, 3.05) is 6.61 Å². The third-order valence-electron chi connectivity index (χ3n) is 13.7. The highest BCUT2D eigenvalue weighted by Gasteiger charge is 2.70. The highest BCUT2D eigenvalue weighted by Crippen LogP contribution is 2.77. The molecule has 202 valence electrons. The van der Waals surface area contributed by atoms with Crippen LogP contribution in [0.5, 0.6) is 0 Å². The molecule has 0 unspecified atom stereocenters. The Hall–Kier alpha value is -1.32. The van der Waals surface area contributed by atoms with Crippen LogP contribution in [0.1, 0.15) is 113 Å². The van der Waals surface area contributed by atoms with Gasteiger partial charge >= 0.3 is 5.97 Å². The molecule has 5 aliphatic carbocycles. The van der Waals surface area contributed by atoms with Gasteiger partial charge in [0.25, 0.3) is 0 Å². The van der Waals surface area contributed by atoms with Crippen molar-refractivity contribution in [2.45, 2.75) is 113 Å². The second kappa shape index (κ2) is 8.34.